The number of esters is 1. The van der Waals surface area contributed by atoms with Gasteiger partial charge < -0.3 is 9.47 Å². The number of aryl methyl sites for hydroxylation is 3. The van der Waals surface area contributed by atoms with E-state index in [-0.39, 0.29) is 5.97 Å². The van der Waals surface area contributed by atoms with Crippen molar-refractivity contribution in [3.8, 4) is 5.75 Å². The summed E-state index contributed by atoms with van der Waals surface area (Å²) in [6.45, 7) is 4.12. The lowest BCUT2D eigenvalue weighted by Gasteiger charge is -2.03. The van der Waals surface area contributed by atoms with Crippen LogP contribution in [0.2, 0.25) is 0 Å². The van der Waals surface area contributed by atoms with E-state index in [1.807, 2.05) is 26.0 Å². The zero-order valence-electron chi connectivity index (χ0n) is 14.6. The lowest BCUT2D eigenvalue weighted by Crippen LogP contribution is -2.06. The molecule has 0 N–H and O–H groups in total. The van der Waals surface area contributed by atoms with Crippen LogP contribution in [0.1, 0.15) is 52.1 Å². The molecule has 0 radical (unpaired) electrons. The van der Waals surface area contributed by atoms with Gasteiger partial charge in [0.05, 0.1) is 18.7 Å². The Kier molecular flexibility index (Phi) is 7.25. The fraction of sp³-hybridized carbons (Fsp3) is 0.474. The molecule has 1 aromatic heterocycles. The van der Waals surface area contributed by atoms with Crippen molar-refractivity contribution in [2.45, 2.75) is 46.0 Å². The molecule has 0 atom stereocenters. The molecule has 0 bridgehead atoms. The first kappa shape index (κ1) is 18.5. The molecule has 0 spiro atoms. The highest BCUT2D eigenvalue weighted by Crippen LogP contribution is 2.21. The quantitative estimate of drug-likeness (QED) is 0.491. The minimum Gasteiger partial charge on any atom is -0.497 e. The van der Waals surface area contributed by atoms with E-state index in [4.69, 9.17) is 9.47 Å². The number of carbonyl (C=O) groups is 1. The van der Waals surface area contributed by atoms with Crippen molar-refractivity contribution >= 4 is 17.3 Å². The van der Waals surface area contributed by atoms with Crippen LogP contribution >= 0.6 is 11.3 Å². The zero-order valence-corrected chi connectivity index (χ0v) is 15.4. The van der Waals surface area contributed by atoms with Crippen LogP contribution in [0.25, 0.3) is 0 Å². The Bertz CT molecular complexity index is 649. The summed E-state index contributed by atoms with van der Waals surface area (Å²) in [5, 5.41) is 1.03. The fourth-order valence-corrected chi connectivity index (χ4v) is 3.48. The van der Waals surface area contributed by atoms with Gasteiger partial charge in [0.25, 0.3) is 0 Å². The second kappa shape index (κ2) is 9.42. The maximum atomic E-state index is 11.8. The topological polar surface area (TPSA) is 48.4 Å². The Hall–Kier alpha value is -1.88. The summed E-state index contributed by atoms with van der Waals surface area (Å²) in [6, 6.07) is 8.25. The van der Waals surface area contributed by atoms with E-state index < -0.39 is 0 Å². The molecule has 4 nitrogen and oxygen atoms in total. The van der Waals surface area contributed by atoms with E-state index >= 15 is 0 Å². The van der Waals surface area contributed by atoms with Gasteiger partial charge in [-0.05, 0) is 57.2 Å². The van der Waals surface area contributed by atoms with Crippen LogP contribution in [-0.4, -0.2) is 24.7 Å². The normalized spacial score (nSPS) is 10.6. The molecule has 2 rings (SSSR count). The van der Waals surface area contributed by atoms with Gasteiger partial charge in [0.1, 0.15) is 5.75 Å². The van der Waals surface area contributed by atoms with Gasteiger partial charge in [-0.1, -0.05) is 18.6 Å². The molecule has 130 valence electrons. The predicted molar refractivity (Wildman–Crippen MR) is 97.1 cm³/mol. The zero-order chi connectivity index (χ0) is 17.4. The minimum atomic E-state index is -0.308. The van der Waals surface area contributed by atoms with Crippen LogP contribution < -0.4 is 4.74 Å². The lowest BCUT2D eigenvalue weighted by molar-refractivity contribution is 0.0519. The van der Waals surface area contributed by atoms with Crippen LogP contribution in [0.15, 0.2) is 24.3 Å². The highest BCUT2D eigenvalue weighted by molar-refractivity contribution is 7.11. The fourth-order valence-electron chi connectivity index (χ4n) is 2.52. The smallest absolute Gasteiger partial charge is 0.358 e. The van der Waals surface area contributed by atoms with Crippen LogP contribution in [0.4, 0.5) is 0 Å². The van der Waals surface area contributed by atoms with Gasteiger partial charge in [-0.3, -0.25) is 0 Å². The van der Waals surface area contributed by atoms with Crippen molar-refractivity contribution in [2.24, 2.45) is 0 Å². The first-order valence-electron chi connectivity index (χ1n) is 8.40. The number of unbranched alkanes of at least 4 members (excludes halogenated alkanes) is 2. The average Bonchev–Trinajstić information content (AvgIpc) is 2.96. The number of aromatic nitrogens is 1. The number of rotatable bonds is 9. The summed E-state index contributed by atoms with van der Waals surface area (Å²) in [5.41, 5.74) is 1.82. The third-order valence-electron chi connectivity index (χ3n) is 3.82. The van der Waals surface area contributed by atoms with Gasteiger partial charge in [-0.25, -0.2) is 9.78 Å². The van der Waals surface area contributed by atoms with E-state index in [0.717, 1.165) is 47.7 Å². The lowest BCUT2D eigenvalue weighted by atomic mass is 10.1. The number of nitrogens with zero attached hydrogens (tertiary/aromatic N) is 1. The van der Waals surface area contributed by atoms with Crippen molar-refractivity contribution in [3.05, 3.63) is 45.4 Å². The molecule has 0 aliphatic rings. The molecule has 24 heavy (non-hydrogen) atoms. The highest BCUT2D eigenvalue weighted by atomic mass is 32.1. The number of thiazole rings is 1. The number of carbonyl (C=O) groups excluding carboxylic acids is 1. The summed E-state index contributed by atoms with van der Waals surface area (Å²) in [7, 11) is 1.68. The Balaban J connectivity index is 1.72. The van der Waals surface area contributed by atoms with Gasteiger partial charge in [0, 0.05) is 4.88 Å². The molecule has 0 unspecified atom stereocenters. The summed E-state index contributed by atoms with van der Waals surface area (Å²) in [4.78, 5) is 17.2. The summed E-state index contributed by atoms with van der Waals surface area (Å²) < 4.78 is 10.2. The number of ether oxygens (including phenoxy) is 2. The van der Waals surface area contributed by atoms with Crippen molar-refractivity contribution in [1.82, 2.24) is 4.98 Å². The third kappa shape index (κ3) is 5.34. The van der Waals surface area contributed by atoms with E-state index in [1.165, 1.54) is 5.56 Å². The Morgan fingerprint density at radius 2 is 1.83 bits per heavy atom. The van der Waals surface area contributed by atoms with Crippen molar-refractivity contribution in [1.29, 1.82) is 0 Å². The average molecular weight is 347 g/mol. The Morgan fingerprint density at radius 1 is 1.12 bits per heavy atom. The molecule has 0 fully saturated rings. The molecule has 0 aliphatic heterocycles. The molecule has 0 aliphatic carbocycles. The van der Waals surface area contributed by atoms with E-state index in [0.29, 0.717) is 12.3 Å². The molecule has 0 amide bonds. The maximum absolute atomic E-state index is 11.8. The van der Waals surface area contributed by atoms with Crippen molar-refractivity contribution in [3.63, 3.8) is 0 Å². The molecule has 1 heterocycles. The van der Waals surface area contributed by atoms with Crippen molar-refractivity contribution < 1.29 is 14.3 Å². The number of hydrogen-bond donors (Lipinski definition) is 0. The van der Waals surface area contributed by atoms with Crippen LogP contribution in [0.5, 0.6) is 5.75 Å². The molecule has 5 heteroatoms. The SMILES string of the molecule is CCOC(=O)c1nc(CCCCCc2ccc(OC)cc2)sc1C. The molecular weight excluding hydrogens is 322 g/mol. The summed E-state index contributed by atoms with van der Waals surface area (Å²) >= 11 is 1.60. The first-order chi connectivity index (χ1) is 11.6. The second-order valence-electron chi connectivity index (χ2n) is 5.64. The van der Waals surface area contributed by atoms with E-state index in [1.54, 1.807) is 18.4 Å². The number of methoxy groups -OCH3 is 1. The predicted octanol–water partition coefficient (Wildman–Crippen LogP) is 4.59. The summed E-state index contributed by atoms with van der Waals surface area (Å²) in [5.74, 6) is 0.590. The number of hydrogen-bond acceptors (Lipinski definition) is 5. The molecule has 0 saturated carbocycles. The molecule has 0 saturated heterocycles. The first-order valence-corrected chi connectivity index (χ1v) is 9.22. The van der Waals surface area contributed by atoms with Crippen LogP contribution in [-0.2, 0) is 17.6 Å². The monoisotopic (exact) mass is 347 g/mol. The minimum absolute atomic E-state index is 0.308. The summed E-state index contributed by atoms with van der Waals surface area (Å²) in [6.07, 6.45) is 5.40. The molecular formula is C19H25NO3S. The van der Waals surface area contributed by atoms with Gasteiger partial charge in [-0.15, -0.1) is 11.3 Å². The van der Waals surface area contributed by atoms with Gasteiger partial charge in [0.15, 0.2) is 5.69 Å². The van der Waals surface area contributed by atoms with Gasteiger partial charge >= 0.3 is 5.97 Å². The van der Waals surface area contributed by atoms with Crippen LogP contribution in [0, 0.1) is 6.92 Å². The standard InChI is InChI=1S/C19H25NO3S/c1-4-23-19(21)18-14(2)24-17(20-18)9-7-5-6-8-15-10-12-16(22-3)13-11-15/h10-13H,4-9H2,1-3H3. The molecule has 1 aromatic carbocycles. The van der Waals surface area contributed by atoms with Gasteiger partial charge in [-0.2, -0.15) is 0 Å². The van der Waals surface area contributed by atoms with Crippen molar-refractivity contribution in [2.75, 3.05) is 13.7 Å². The Morgan fingerprint density at radius 3 is 2.50 bits per heavy atom. The van der Waals surface area contributed by atoms with Crippen LogP contribution in [0.3, 0.4) is 0 Å². The van der Waals surface area contributed by atoms with Gasteiger partial charge in [0.2, 0.25) is 0 Å². The maximum Gasteiger partial charge on any atom is 0.358 e. The Labute approximate surface area is 147 Å². The second-order valence-corrected chi connectivity index (χ2v) is 6.93. The van der Waals surface area contributed by atoms with E-state index in [9.17, 15) is 4.79 Å². The highest BCUT2D eigenvalue weighted by Gasteiger charge is 2.15. The molecule has 2 aromatic rings. The number of benzene rings is 1. The third-order valence-corrected chi connectivity index (χ3v) is 4.86. The largest absolute Gasteiger partial charge is 0.497 e. The van der Waals surface area contributed by atoms with E-state index in [2.05, 4.69) is 17.1 Å².